The van der Waals surface area contributed by atoms with Gasteiger partial charge in [-0.05, 0) is 17.7 Å². The van der Waals surface area contributed by atoms with E-state index in [1.54, 1.807) is 6.07 Å². The number of sulfone groups is 1. The van der Waals surface area contributed by atoms with E-state index in [9.17, 15) is 17.9 Å². The van der Waals surface area contributed by atoms with Gasteiger partial charge in [0.1, 0.15) is 12.3 Å². The quantitative estimate of drug-likeness (QED) is 0.860. The average molecular weight is 309 g/mol. The Balaban J connectivity index is 2.75. The minimum absolute atomic E-state index is 0.0124. The van der Waals surface area contributed by atoms with E-state index in [4.69, 9.17) is 0 Å². The summed E-state index contributed by atoms with van der Waals surface area (Å²) in [5.74, 6) is 0. The second-order valence-corrected chi connectivity index (χ2v) is 6.71. The molecule has 0 unspecified atom stereocenters. The highest BCUT2D eigenvalue weighted by Gasteiger charge is 2.36. The summed E-state index contributed by atoms with van der Waals surface area (Å²) >= 11 is 3.23. The van der Waals surface area contributed by atoms with Gasteiger partial charge in [0.25, 0.3) is 0 Å². The molecular weight excluding hydrogens is 299 g/mol. The number of halogens is 2. The van der Waals surface area contributed by atoms with Crippen LogP contribution in [0.4, 0.5) is 4.39 Å². The smallest absolute Gasteiger partial charge is 0.175 e. The molecule has 1 aliphatic carbocycles. The molecule has 1 aliphatic rings. The Morgan fingerprint density at radius 2 is 2.12 bits per heavy atom. The van der Waals surface area contributed by atoms with Crippen molar-refractivity contribution in [2.75, 3.05) is 6.26 Å². The predicted molar refractivity (Wildman–Crippen MR) is 60.8 cm³/mol. The fourth-order valence-corrected chi connectivity index (χ4v) is 3.43. The molecule has 2 rings (SSSR count). The molecule has 0 bridgehead atoms. The lowest BCUT2D eigenvalue weighted by Crippen LogP contribution is -2.10. The lowest BCUT2D eigenvalue weighted by Gasteiger charge is -2.11. The van der Waals surface area contributed by atoms with Crippen LogP contribution in [0, 0.1) is 0 Å². The van der Waals surface area contributed by atoms with Gasteiger partial charge in [-0.2, -0.15) is 0 Å². The van der Waals surface area contributed by atoms with Crippen molar-refractivity contribution in [2.45, 2.75) is 23.6 Å². The van der Waals surface area contributed by atoms with Crippen molar-refractivity contribution in [2.24, 2.45) is 0 Å². The van der Waals surface area contributed by atoms with E-state index in [2.05, 4.69) is 15.9 Å². The molecule has 16 heavy (non-hydrogen) atoms. The molecule has 0 heterocycles. The van der Waals surface area contributed by atoms with E-state index in [0.29, 0.717) is 10.0 Å². The number of hydrogen-bond donors (Lipinski definition) is 1. The Labute approximate surface area is 101 Å². The molecule has 0 saturated carbocycles. The molecule has 0 spiro atoms. The number of rotatable bonds is 1. The highest BCUT2D eigenvalue weighted by molar-refractivity contribution is 9.10. The first kappa shape index (κ1) is 12.0. The van der Waals surface area contributed by atoms with Crippen LogP contribution in [-0.4, -0.2) is 26.0 Å². The van der Waals surface area contributed by atoms with Crippen LogP contribution in [0.25, 0.3) is 0 Å². The second kappa shape index (κ2) is 3.78. The van der Waals surface area contributed by atoms with Crippen LogP contribution < -0.4 is 0 Å². The fraction of sp³-hybridized carbons (Fsp3) is 0.400. The third kappa shape index (κ3) is 1.78. The topological polar surface area (TPSA) is 54.4 Å². The molecule has 0 radical (unpaired) electrons. The normalized spacial score (nSPS) is 24.5. The van der Waals surface area contributed by atoms with E-state index >= 15 is 0 Å². The first-order valence-corrected chi connectivity index (χ1v) is 7.34. The van der Waals surface area contributed by atoms with E-state index in [1.165, 1.54) is 6.07 Å². The van der Waals surface area contributed by atoms with Crippen molar-refractivity contribution in [3.05, 3.63) is 27.7 Å². The van der Waals surface area contributed by atoms with Gasteiger partial charge < -0.3 is 5.11 Å². The summed E-state index contributed by atoms with van der Waals surface area (Å²) in [5, 5.41) is 9.66. The maximum atomic E-state index is 13.4. The first-order valence-electron chi connectivity index (χ1n) is 4.66. The zero-order valence-electron chi connectivity index (χ0n) is 8.44. The fourth-order valence-electron chi connectivity index (χ4n) is 1.96. The van der Waals surface area contributed by atoms with Gasteiger partial charge in [-0.15, -0.1) is 0 Å². The van der Waals surface area contributed by atoms with Crippen LogP contribution in [0.5, 0.6) is 0 Å². The van der Waals surface area contributed by atoms with E-state index < -0.39 is 22.1 Å². The molecule has 0 saturated heterocycles. The van der Waals surface area contributed by atoms with Crippen molar-refractivity contribution >= 4 is 25.8 Å². The SMILES string of the molecule is CS(=O)(=O)c1ccc(Br)c2c1[C@H](O)[C@H](F)C2. The Bertz CT molecular complexity index is 541. The monoisotopic (exact) mass is 308 g/mol. The van der Waals surface area contributed by atoms with Crippen molar-refractivity contribution in [3.63, 3.8) is 0 Å². The average Bonchev–Trinajstić information content (AvgIpc) is 2.44. The summed E-state index contributed by atoms with van der Waals surface area (Å²) in [6, 6.07) is 2.96. The molecule has 1 N–H and O–H groups in total. The predicted octanol–water partition coefficient (Wildman–Crippen LogP) is 1.78. The molecule has 1 aromatic rings. The first-order chi connectivity index (χ1) is 7.32. The molecule has 0 aromatic heterocycles. The maximum Gasteiger partial charge on any atom is 0.175 e. The molecule has 0 amide bonds. The Kier molecular flexibility index (Phi) is 2.84. The number of hydrogen-bond acceptors (Lipinski definition) is 3. The number of fused-ring (bicyclic) bond motifs is 1. The molecule has 0 aliphatic heterocycles. The summed E-state index contributed by atoms with van der Waals surface area (Å²) < 4.78 is 37.0. The van der Waals surface area contributed by atoms with Crippen molar-refractivity contribution in [3.8, 4) is 0 Å². The zero-order chi connectivity index (χ0) is 12.1. The Morgan fingerprint density at radius 1 is 1.50 bits per heavy atom. The van der Waals surface area contributed by atoms with E-state index in [-0.39, 0.29) is 16.9 Å². The molecular formula is C10H10BrFO3S. The number of aliphatic hydroxyl groups excluding tert-OH is 1. The third-order valence-electron chi connectivity index (χ3n) is 2.70. The van der Waals surface area contributed by atoms with Gasteiger partial charge in [0.15, 0.2) is 9.84 Å². The van der Waals surface area contributed by atoms with Gasteiger partial charge in [0.2, 0.25) is 0 Å². The molecule has 0 fully saturated rings. The van der Waals surface area contributed by atoms with Crippen molar-refractivity contribution in [1.29, 1.82) is 0 Å². The lowest BCUT2D eigenvalue weighted by molar-refractivity contribution is 0.0907. The summed E-state index contributed by atoms with van der Waals surface area (Å²) in [5.41, 5.74) is 0.743. The van der Waals surface area contributed by atoms with Gasteiger partial charge >= 0.3 is 0 Å². The van der Waals surface area contributed by atoms with Crippen LogP contribution in [0.3, 0.4) is 0 Å². The van der Waals surface area contributed by atoms with Crippen LogP contribution in [-0.2, 0) is 16.3 Å². The zero-order valence-corrected chi connectivity index (χ0v) is 10.8. The molecule has 88 valence electrons. The van der Waals surface area contributed by atoms with Crippen LogP contribution in [0.2, 0.25) is 0 Å². The van der Waals surface area contributed by atoms with Crippen LogP contribution in [0.15, 0.2) is 21.5 Å². The van der Waals surface area contributed by atoms with E-state index in [1.807, 2.05) is 0 Å². The van der Waals surface area contributed by atoms with Gasteiger partial charge in [-0.3, -0.25) is 0 Å². The van der Waals surface area contributed by atoms with Crippen LogP contribution in [0.1, 0.15) is 17.2 Å². The van der Waals surface area contributed by atoms with Crippen molar-refractivity contribution < 1.29 is 17.9 Å². The minimum Gasteiger partial charge on any atom is -0.385 e. The minimum atomic E-state index is -3.45. The van der Waals surface area contributed by atoms with Gasteiger partial charge in [-0.25, -0.2) is 12.8 Å². The van der Waals surface area contributed by atoms with Crippen LogP contribution >= 0.6 is 15.9 Å². The van der Waals surface area contributed by atoms with Crippen molar-refractivity contribution in [1.82, 2.24) is 0 Å². The second-order valence-electron chi connectivity index (χ2n) is 3.87. The number of aliphatic hydroxyl groups is 1. The summed E-state index contributed by atoms with van der Waals surface area (Å²) in [7, 11) is -3.45. The highest BCUT2D eigenvalue weighted by atomic mass is 79.9. The maximum absolute atomic E-state index is 13.4. The van der Waals surface area contributed by atoms with Gasteiger partial charge in [-0.1, -0.05) is 15.9 Å². The van der Waals surface area contributed by atoms with E-state index in [0.717, 1.165) is 6.26 Å². The largest absolute Gasteiger partial charge is 0.385 e. The standard InChI is InChI=1S/C10H10BrFO3S/c1-16(14,15)8-3-2-6(11)5-4-7(12)10(13)9(5)8/h2-3,7,10,13H,4H2,1H3/t7-,10-/m1/s1. The summed E-state index contributed by atoms with van der Waals surface area (Å²) in [6.45, 7) is 0. The lowest BCUT2D eigenvalue weighted by atomic mass is 10.1. The summed E-state index contributed by atoms with van der Waals surface area (Å²) in [4.78, 5) is 0.0124. The highest BCUT2D eigenvalue weighted by Crippen LogP contribution is 2.41. The number of alkyl halides is 1. The Hall–Kier alpha value is -0.460. The molecule has 2 atom stereocenters. The number of benzene rings is 1. The molecule has 1 aromatic carbocycles. The Morgan fingerprint density at radius 3 is 2.69 bits per heavy atom. The summed E-state index contributed by atoms with van der Waals surface area (Å²) in [6.07, 6.45) is -1.69. The molecule has 6 heteroatoms. The van der Waals surface area contributed by atoms with Gasteiger partial charge in [0, 0.05) is 22.7 Å². The third-order valence-corrected chi connectivity index (χ3v) is 4.59. The van der Waals surface area contributed by atoms with Gasteiger partial charge in [0.05, 0.1) is 4.90 Å². The molecule has 3 nitrogen and oxygen atoms in total.